The molecule has 0 heterocycles. The highest BCUT2D eigenvalue weighted by Crippen LogP contribution is 2.20. The largest absolute Gasteiger partial charge is 0.368 e. The van der Waals surface area contributed by atoms with Crippen LogP contribution in [0.1, 0.15) is 5.56 Å². The molecule has 0 saturated heterocycles. The van der Waals surface area contributed by atoms with Crippen LogP contribution in [0.4, 0.5) is 4.39 Å². The van der Waals surface area contributed by atoms with Crippen molar-refractivity contribution in [3.8, 4) is 0 Å². The summed E-state index contributed by atoms with van der Waals surface area (Å²) in [4.78, 5) is 10.7. The fourth-order valence-electron chi connectivity index (χ4n) is 1.04. The van der Waals surface area contributed by atoms with Crippen molar-refractivity contribution in [1.82, 2.24) is 0 Å². The Balaban J connectivity index is 2.87. The molecule has 1 unspecified atom stereocenters. The zero-order chi connectivity index (χ0) is 10.7. The van der Waals surface area contributed by atoms with Gasteiger partial charge in [0.1, 0.15) is 5.82 Å². The van der Waals surface area contributed by atoms with E-state index >= 15 is 0 Å². The first kappa shape index (κ1) is 10.9. The van der Waals surface area contributed by atoms with E-state index in [0.717, 1.165) is 0 Å². The molecule has 1 aromatic rings. The molecule has 1 aromatic carbocycles. The quantitative estimate of drug-likeness (QED) is 0.786. The van der Waals surface area contributed by atoms with Gasteiger partial charge in [-0.3, -0.25) is 4.79 Å². The maximum absolute atomic E-state index is 12.9. The number of rotatable bonds is 3. The van der Waals surface area contributed by atoms with Gasteiger partial charge in [0.15, 0.2) is 0 Å². The van der Waals surface area contributed by atoms with E-state index in [1.54, 1.807) is 6.07 Å². The predicted molar refractivity (Wildman–Crippen MR) is 52.3 cm³/mol. The van der Waals surface area contributed by atoms with E-state index < -0.39 is 17.8 Å². The number of carbonyl (C=O) groups excluding carboxylic acids is 1. The van der Waals surface area contributed by atoms with Crippen molar-refractivity contribution in [2.45, 2.75) is 12.5 Å². The molecule has 0 bridgehead atoms. The second-order valence-electron chi connectivity index (χ2n) is 2.93. The number of benzene rings is 1. The fraction of sp³-hybridized carbons (Fsp3) is 0.222. The first-order valence-electron chi connectivity index (χ1n) is 4.00. The van der Waals surface area contributed by atoms with Gasteiger partial charge in [-0.2, -0.15) is 0 Å². The van der Waals surface area contributed by atoms with Gasteiger partial charge < -0.3 is 11.5 Å². The molecule has 1 rings (SSSR count). The van der Waals surface area contributed by atoms with Crippen molar-refractivity contribution in [2.24, 2.45) is 11.5 Å². The van der Waals surface area contributed by atoms with Gasteiger partial charge in [0.2, 0.25) is 5.91 Å². The highest BCUT2D eigenvalue weighted by Gasteiger charge is 2.13. The Bertz CT molecular complexity index is 357. The Morgan fingerprint density at radius 1 is 1.57 bits per heavy atom. The van der Waals surface area contributed by atoms with Gasteiger partial charge in [-0.25, -0.2) is 4.39 Å². The monoisotopic (exact) mass is 216 g/mol. The Morgan fingerprint density at radius 3 is 2.79 bits per heavy atom. The summed E-state index contributed by atoms with van der Waals surface area (Å²) >= 11 is 5.66. The lowest BCUT2D eigenvalue weighted by Crippen LogP contribution is -2.38. The van der Waals surface area contributed by atoms with Gasteiger partial charge >= 0.3 is 0 Å². The minimum absolute atomic E-state index is 0.01000. The van der Waals surface area contributed by atoms with Crippen LogP contribution in [-0.2, 0) is 11.2 Å². The smallest absolute Gasteiger partial charge is 0.234 e. The van der Waals surface area contributed by atoms with Crippen molar-refractivity contribution in [3.63, 3.8) is 0 Å². The number of nitrogens with two attached hydrogens (primary N) is 2. The van der Waals surface area contributed by atoms with Crippen LogP contribution in [0.2, 0.25) is 5.02 Å². The van der Waals surface area contributed by atoms with Crippen LogP contribution in [0.3, 0.4) is 0 Å². The van der Waals surface area contributed by atoms with Crippen LogP contribution >= 0.6 is 11.6 Å². The molecule has 5 heteroatoms. The maximum atomic E-state index is 12.9. The molecule has 0 saturated carbocycles. The lowest BCUT2D eigenvalue weighted by molar-refractivity contribution is -0.119. The Hall–Kier alpha value is -1.13. The van der Waals surface area contributed by atoms with Crippen LogP contribution in [0.5, 0.6) is 0 Å². The van der Waals surface area contributed by atoms with Gasteiger partial charge in [0.25, 0.3) is 0 Å². The van der Waals surface area contributed by atoms with Crippen molar-refractivity contribution < 1.29 is 9.18 Å². The van der Waals surface area contributed by atoms with Gasteiger partial charge in [-0.15, -0.1) is 0 Å². The zero-order valence-electron chi connectivity index (χ0n) is 7.34. The molecular weight excluding hydrogens is 207 g/mol. The molecule has 3 nitrogen and oxygen atoms in total. The van der Waals surface area contributed by atoms with Gasteiger partial charge in [0, 0.05) is 0 Å². The Morgan fingerprint density at radius 2 is 2.21 bits per heavy atom. The number of halogens is 2. The second kappa shape index (κ2) is 4.39. The number of hydrogen-bond donors (Lipinski definition) is 2. The van der Waals surface area contributed by atoms with Gasteiger partial charge in [-0.05, 0) is 18.1 Å². The molecule has 4 N–H and O–H groups in total. The van der Waals surface area contributed by atoms with Crippen LogP contribution in [0.25, 0.3) is 0 Å². The molecule has 14 heavy (non-hydrogen) atoms. The lowest BCUT2D eigenvalue weighted by atomic mass is 10.1. The van der Waals surface area contributed by atoms with Crippen LogP contribution in [0, 0.1) is 5.82 Å². The predicted octanol–water partition coefficient (Wildman–Crippen LogP) is 0.834. The molecule has 0 aromatic heterocycles. The first-order chi connectivity index (χ1) is 6.52. The molecule has 0 spiro atoms. The fourth-order valence-corrected chi connectivity index (χ4v) is 1.25. The van der Waals surface area contributed by atoms with E-state index in [9.17, 15) is 9.18 Å². The molecular formula is C9H10ClFN2O. The van der Waals surface area contributed by atoms with Crippen molar-refractivity contribution in [1.29, 1.82) is 0 Å². The normalized spacial score (nSPS) is 12.5. The highest BCUT2D eigenvalue weighted by atomic mass is 35.5. The standard InChI is InChI=1S/C9H10ClFN2O/c10-8-5(2-1-3-6(8)11)4-7(12)9(13)14/h1-3,7H,4,12H2,(H2,13,14). The zero-order valence-corrected chi connectivity index (χ0v) is 8.09. The van der Waals surface area contributed by atoms with E-state index in [0.29, 0.717) is 5.56 Å². The van der Waals surface area contributed by atoms with Gasteiger partial charge in [-0.1, -0.05) is 23.7 Å². The summed E-state index contributed by atoms with van der Waals surface area (Å²) < 4.78 is 12.9. The van der Waals surface area contributed by atoms with Crippen LogP contribution < -0.4 is 11.5 Å². The Labute approximate surface area is 85.8 Å². The van der Waals surface area contributed by atoms with E-state index in [4.69, 9.17) is 23.1 Å². The summed E-state index contributed by atoms with van der Waals surface area (Å²) in [7, 11) is 0. The van der Waals surface area contributed by atoms with Crippen molar-refractivity contribution in [3.05, 3.63) is 34.6 Å². The van der Waals surface area contributed by atoms with E-state index in [1.165, 1.54) is 12.1 Å². The summed E-state index contributed by atoms with van der Waals surface area (Å²) in [5.41, 5.74) is 10.9. The third kappa shape index (κ3) is 2.43. The van der Waals surface area contributed by atoms with Gasteiger partial charge in [0.05, 0.1) is 11.1 Å². The topological polar surface area (TPSA) is 69.1 Å². The molecule has 0 aliphatic carbocycles. The first-order valence-corrected chi connectivity index (χ1v) is 4.38. The molecule has 76 valence electrons. The van der Waals surface area contributed by atoms with Crippen LogP contribution in [0.15, 0.2) is 18.2 Å². The number of primary amides is 1. The number of amides is 1. The number of carbonyl (C=O) groups is 1. The average molecular weight is 217 g/mol. The average Bonchev–Trinajstić information content (AvgIpc) is 2.12. The molecule has 0 aliphatic rings. The van der Waals surface area contributed by atoms with E-state index in [2.05, 4.69) is 0 Å². The molecule has 1 atom stereocenters. The summed E-state index contributed by atoms with van der Waals surface area (Å²) in [5.74, 6) is -1.16. The summed E-state index contributed by atoms with van der Waals surface area (Å²) in [6.45, 7) is 0. The summed E-state index contributed by atoms with van der Waals surface area (Å²) in [6.07, 6.45) is 0.145. The lowest BCUT2D eigenvalue weighted by Gasteiger charge is -2.08. The van der Waals surface area contributed by atoms with Crippen LogP contribution in [-0.4, -0.2) is 11.9 Å². The molecule has 1 amide bonds. The maximum Gasteiger partial charge on any atom is 0.234 e. The van der Waals surface area contributed by atoms with Crippen molar-refractivity contribution in [2.75, 3.05) is 0 Å². The second-order valence-corrected chi connectivity index (χ2v) is 3.30. The summed E-state index contributed by atoms with van der Waals surface area (Å²) in [6, 6.07) is 3.51. The van der Waals surface area contributed by atoms with Crippen molar-refractivity contribution >= 4 is 17.5 Å². The number of hydrogen-bond acceptors (Lipinski definition) is 2. The van der Waals surface area contributed by atoms with E-state index in [-0.39, 0.29) is 11.4 Å². The molecule has 0 fully saturated rings. The molecule has 0 radical (unpaired) electrons. The third-order valence-corrected chi connectivity index (χ3v) is 2.26. The summed E-state index contributed by atoms with van der Waals surface area (Å²) in [5, 5.41) is -0.01000. The minimum Gasteiger partial charge on any atom is -0.368 e. The Kier molecular flexibility index (Phi) is 3.43. The van der Waals surface area contributed by atoms with E-state index in [1.807, 2.05) is 0 Å². The highest BCUT2D eigenvalue weighted by molar-refractivity contribution is 6.31. The SMILES string of the molecule is NC(=O)C(N)Cc1cccc(F)c1Cl. The minimum atomic E-state index is -0.839. The third-order valence-electron chi connectivity index (χ3n) is 1.84. The molecule has 0 aliphatic heterocycles.